The Morgan fingerprint density at radius 3 is 2.18 bits per heavy atom. The van der Waals surface area contributed by atoms with E-state index in [1.165, 1.54) is 28.9 Å². The van der Waals surface area contributed by atoms with E-state index in [9.17, 15) is 44.3 Å². The fourth-order valence-electron chi connectivity index (χ4n) is 5.45. The lowest BCUT2D eigenvalue weighted by molar-refractivity contribution is -0.143. The Balaban J connectivity index is 1.78. The molecule has 1 aliphatic heterocycles. The summed E-state index contributed by atoms with van der Waals surface area (Å²) in [6.07, 6.45) is -13.2. The molecule has 0 saturated heterocycles. The summed E-state index contributed by atoms with van der Waals surface area (Å²) >= 11 is 1.19. The molecule has 0 spiro atoms. The van der Waals surface area contributed by atoms with Gasteiger partial charge in [-0.25, -0.2) is 14.8 Å². The van der Waals surface area contributed by atoms with Crippen LogP contribution in [0.3, 0.4) is 0 Å². The van der Waals surface area contributed by atoms with Crippen molar-refractivity contribution >= 4 is 29.5 Å². The van der Waals surface area contributed by atoms with Gasteiger partial charge in [0.15, 0.2) is 0 Å². The number of hydrogen-bond acceptors (Lipinski definition) is 7. The molecule has 0 saturated carbocycles. The largest absolute Gasteiger partial charge is 0.449 e. The number of nitrogens with one attached hydrogen (secondary N) is 1. The Morgan fingerprint density at radius 1 is 0.959 bits per heavy atom. The van der Waals surface area contributed by atoms with Gasteiger partial charge in [-0.2, -0.15) is 39.5 Å². The molecule has 0 bridgehead atoms. The van der Waals surface area contributed by atoms with Gasteiger partial charge in [-0.1, -0.05) is 6.92 Å². The third kappa shape index (κ3) is 9.50. The lowest BCUT2D eigenvalue weighted by Gasteiger charge is -2.40. The van der Waals surface area contributed by atoms with Crippen LogP contribution in [0.15, 0.2) is 47.5 Å². The summed E-state index contributed by atoms with van der Waals surface area (Å²) in [5.41, 5.74) is -3.93. The van der Waals surface area contributed by atoms with Gasteiger partial charge in [-0.15, -0.1) is 11.8 Å². The number of amides is 1. The van der Waals surface area contributed by atoms with Crippen molar-refractivity contribution in [2.24, 2.45) is 0 Å². The van der Waals surface area contributed by atoms with Crippen molar-refractivity contribution in [2.75, 3.05) is 29.2 Å². The highest BCUT2D eigenvalue weighted by Crippen LogP contribution is 2.43. The molecule has 2 heterocycles. The van der Waals surface area contributed by atoms with Crippen LogP contribution < -0.4 is 10.2 Å². The first kappa shape index (κ1) is 38.1. The van der Waals surface area contributed by atoms with Crippen LogP contribution in [0.1, 0.15) is 79.1 Å². The monoisotopic (exact) mass is 724 g/mol. The first-order valence-corrected chi connectivity index (χ1v) is 16.3. The number of thioether (sulfide) groups is 1. The zero-order valence-electron chi connectivity index (χ0n) is 26.3. The fraction of sp³-hybridized carbons (Fsp3) is 0.469. The lowest BCUT2D eigenvalue weighted by Crippen LogP contribution is -2.46. The average Bonchev–Trinajstić information content (AvgIpc) is 3.02. The quantitative estimate of drug-likeness (QED) is 0.116. The zero-order chi connectivity index (χ0) is 36.1. The Kier molecular flexibility index (Phi) is 12.0. The molecule has 0 unspecified atom stereocenters. The summed E-state index contributed by atoms with van der Waals surface area (Å²) < 4.78 is 128. The summed E-state index contributed by atoms with van der Waals surface area (Å²) in [5.74, 6) is 0.295. The molecule has 2 aromatic carbocycles. The van der Waals surface area contributed by atoms with Crippen molar-refractivity contribution < 1.29 is 54.2 Å². The van der Waals surface area contributed by atoms with E-state index in [1.54, 1.807) is 13.8 Å². The van der Waals surface area contributed by atoms with Crippen LogP contribution in [0.25, 0.3) is 0 Å². The Labute approximate surface area is 280 Å². The highest BCUT2D eigenvalue weighted by atomic mass is 32.2. The zero-order valence-corrected chi connectivity index (χ0v) is 27.1. The maximum Gasteiger partial charge on any atom is 0.416 e. The number of rotatable bonds is 11. The number of hydrogen-bond donors (Lipinski definition) is 2. The van der Waals surface area contributed by atoms with E-state index in [2.05, 4.69) is 15.3 Å². The van der Waals surface area contributed by atoms with Crippen molar-refractivity contribution in [1.82, 2.24) is 9.97 Å². The van der Waals surface area contributed by atoms with Gasteiger partial charge in [0.05, 0.1) is 40.7 Å². The molecular weight excluding hydrogens is 691 g/mol. The van der Waals surface area contributed by atoms with Gasteiger partial charge < -0.3 is 15.2 Å². The number of benzene rings is 2. The van der Waals surface area contributed by atoms with Crippen LogP contribution in [0.5, 0.6) is 0 Å². The van der Waals surface area contributed by atoms with E-state index in [0.29, 0.717) is 42.0 Å². The Morgan fingerprint density at radius 2 is 1.61 bits per heavy atom. The van der Waals surface area contributed by atoms with Crippen LogP contribution in [0.2, 0.25) is 0 Å². The molecule has 3 aromatic rings. The highest BCUT2D eigenvalue weighted by molar-refractivity contribution is 7.99. The topological polar surface area (TPSA) is 87.6 Å². The molecule has 49 heavy (non-hydrogen) atoms. The third-order valence-electron chi connectivity index (χ3n) is 7.76. The minimum Gasteiger partial charge on any atom is -0.449 e. The summed E-state index contributed by atoms with van der Waals surface area (Å²) in [6, 6.07) is 2.77. The second-order valence-electron chi connectivity index (χ2n) is 11.2. The van der Waals surface area contributed by atoms with E-state index in [-0.39, 0.29) is 54.2 Å². The number of carbonyl (C=O) groups is 1. The highest BCUT2D eigenvalue weighted by Gasteiger charge is 2.40. The van der Waals surface area contributed by atoms with Gasteiger partial charge in [0.25, 0.3) is 0 Å². The number of aliphatic hydroxyl groups is 1. The van der Waals surface area contributed by atoms with Crippen molar-refractivity contribution in [2.45, 2.75) is 81.5 Å². The maximum absolute atomic E-state index is 13.8. The summed E-state index contributed by atoms with van der Waals surface area (Å²) in [4.78, 5) is 23.3. The molecule has 268 valence electrons. The smallest absolute Gasteiger partial charge is 0.416 e. The standard InChI is InChI=1S/C32H33F9N4O3S/c1-3-22-16-24(23-15-19(30(33,34)35)7-8-26(23)45(22)29(47)48-4-2)43-28-42-17-27(49-10-6-5-9-46)25(44-28)13-18-11-20(31(36,37)38)14-21(12-18)32(39,40)41/h7-8,11-12,14-15,17,22,24,46H,3-6,9-10,13,16H2,1-2H3,(H,42,43,44)/t22-,24+/m1/s1. The molecule has 1 aliphatic rings. The molecule has 0 aliphatic carbocycles. The predicted molar refractivity (Wildman–Crippen MR) is 164 cm³/mol. The molecule has 2 atom stereocenters. The number of aliphatic hydroxyl groups excluding tert-OH is 1. The van der Waals surface area contributed by atoms with Crippen LogP contribution in [-0.4, -0.2) is 46.2 Å². The van der Waals surface area contributed by atoms with E-state index in [0.717, 1.165) is 12.1 Å². The SMILES string of the molecule is CCOC(=O)N1c2ccc(C(F)(F)F)cc2[C@@H](Nc2ncc(SCCCCO)c(Cc3cc(C(F)(F)F)cc(C(F)(F)F)c3)n2)C[C@H]1CC. The molecule has 0 radical (unpaired) electrons. The lowest BCUT2D eigenvalue weighted by atomic mass is 9.89. The van der Waals surface area contributed by atoms with Gasteiger partial charge in [0.2, 0.25) is 5.95 Å². The number of ether oxygens (including phenoxy) is 1. The number of fused-ring (bicyclic) bond motifs is 1. The molecule has 0 fully saturated rings. The first-order chi connectivity index (χ1) is 23.0. The molecule has 1 aromatic heterocycles. The van der Waals surface area contributed by atoms with Gasteiger partial charge in [-0.05, 0) is 85.9 Å². The van der Waals surface area contributed by atoms with E-state index in [1.807, 2.05) is 0 Å². The van der Waals surface area contributed by atoms with Crippen LogP contribution in [0.4, 0.5) is 55.9 Å². The predicted octanol–water partition coefficient (Wildman–Crippen LogP) is 9.29. The second kappa shape index (κ2) is 15.4. The van der Waals surface area contributed by atoms with Crippen LogP contribution in [0, 0.1) is 0 Å². The van der Waals surface area contributed by atoms with Gasteiger partial charge in [-0.3, -0.25) is 4.90 Å². The molecule has 2 N–H and O–H groups in total. The summed E-state index contributed by atoms with van der Waals surface area (Å²) in [5, 5.41) is 12.1. The third-order valence-corrected chi connectivity index (χ3v) is 8.91. The number of carbonyl (C=O) groups excluding carboxylic acids is 1. The number of nitrogens with zero attached hydrogens (tertiary/aromatic N) is 3. The van der Waals surface area contributed by atoms with Crippen LogP contribution >= 0.6 is 11.8 Å². The van der Waals surface area contributed by atoms with Crippen molar-refractivity contribution in [1.29, 1.82) is 0 Å². The van der Waals surface area contributed by atoms with Gasteiger partial charge in [0, 0.05) is 30.2 Å². The number of alkyl halides is 9. The number of unbranched alkanes of at least 4 members (excludes halogenated alkanes) is 1. The van der Waals surface area contributed by atoms with E-state index in [4.69, 9.17) is 9.84 Å². The fourth-order valence-corrected chi connectivity index (χ4v) is 6.43. The van der Waals surface area contributed by atoms with Crippen molar-refractivity contribution in [3.63, 3.8) is 0 Å². The van der Waals surface area contributed by atoms with E-state index < -0.39 is 59.8 Å². The first-order valence-electron chi connectivity index (χ1n) is 15.3. The number of halogens is 9. The normalized spacial score (nSPS) is 16.8. The minimum atomic E-state index is -5.06. The Hall–Kier alpha value is -3.73. The van der Waals surface area contributed by atoms with Gasteiger partial charge >= 0.3 is 24.6 Å². The van der Waals surface area contributed by atoms with Crippen molar-refractivity contribution in [3.05, 3.63) is 76.1 Å². The number of aromatic nitrogens is 2. The molecule has 17 heteroatoms. The molecule has 7 nitrogen and oxygen atoms in total. The Bertz CT molecular complexity index is 1580. The molecule has 1 amide bonds. The minimum absolute atomic E-state index is 0.0282. The summed E-state index contributed by atoms with van der Waals surface area (Å²) in [7, 11) is 0. The van der Waals surface area contributed by atoms with E-state index >= 15 is 0 Å². The molecular formula is C32H33F9N4O3S. The van der Waals surface area contributed by atoms with Crippen molar-refractivity contribution in [3.8, 4) is 0 Å². The average molecular weight is 725 g/mol. The number of anilines is 2. The van der Waals surface area contributed by atoms with Crippen LogP contribution in [-0.2, 0) is 29.7 Å². The summed E-state index contributed by atoms with van der Waals surface area (Å²) in [6.45, 7) is 3.32. The maximum atomic E-state index is 13.8. The van der Waals surface area contributed by atoms with Gasteiger partial charge in [0.1, 0.15) is 0 Å². The second-order valence-corrected chi connectivity index (χ2v) is 12.3. The molecule has 4 rings (SSSR count).